The van der Waals surface area contributed by atoms with E-state index in [4.69, 9.17) is 56.2 Å². The molecule has 0 radical (unpaired) electrons. The maximum Gasteiger partial charge on any atom is 2.00 e. The molecule has 0 aromatic rings. The molecule has 0 aromatic heterocycles. The molecule has 0 amide bonds. The van der Waals surface area contributed by atoms with E-state index in [1.54, 1.807) is 0 Å². The molecule has 0 N–H and O–H groups in total. The molecule has 15 heavy (non-hydrogen) atoms. The first-order chi connectivity index (χ1) is 6.20. The fourth-order valence-corrected chi connectivity index (χ4v) is 0. The van der Waals surface area contributed by atoms with Gasteiger partial charge in [-0.15, -0.1) is 0 Å². The van der Waals surface area contributed by atoms with Crippen molar-refractivity contribution in [3.8, 4) is 0 Å². The van der Waals surface area contributed by atoms with Gasteiger partial charge in [0.25, 0.3) is 0 Å². The van der Waals surface area contributed by atoms with Gasteiger partial charge in [0.2, 0.25) is 0 Å². The monoisotopic (exact) mass is 318 g/mol. The van der Waals surface area contributed by atoms with Gasteiger partial charge >= 0.3 is 29.7 Å². The molecule has 88 valence electrons. The van der Waals surface area contributed by atoms with Crippen molar-refractivity contribution in [3.05, 3.63) is 46.0 Å². The fourth-order valence-electron chi connectivity index (χ4n) is 0. The Bertz CT molecular complexity index is 145. The van der Waals surface area contributed by atoms with Crippen LogP contribution in [0, 0.1) is 51.4 Å². The van der Waals surface area contributed by atoms with Crippen LogP contribution in [0.1, 0.15) is 0 Å². The Balaban J connectivity index is -0.0000000298. The van der Waals surface area contributed by atoms with Crippen LogP contribution in [0.4, 0.5) is 0 Å². The average molecular weight is 317 g/mol. The van der Waals surface area contributed by atoms with Crippen molar-refractivity contribution in [2.75, 3.05) is 0 Å². The van der Waals surface area contributed by atoms with Crippen LogP contribution in [-0.2, 0) is 24.3 Å². The van der Waals surface area contributed by atoms with Crippen LogP contribution in [0.25, 0.3) is 0 Å². The minimum atomic E-state index is -1.75. The summed E-state index contributed by atoms with van der Waals surface area (Å²) in [5, 5.41) is 44.2. The normalized spacial score (nSPS) is 4.93. The summed E-state index contributed by atoms with van der Waals surface area (Å²) in [6, 6.07) is 0. The van der Waals surface area contributed by atoms with Crippen LogP contribution in [-0.4, -0.2) is 15.3 Å². The Labute approximate surface area is 91.7 Å². The SMILES string of the molecule is N#[O+].O=[N+]([O-])[O-].O=[N+]([O-])[O-].O=[N+]([O-])[O-].[Ru+2]. The van der Waals surface area contributed by atoms with E-state index < -0.39 is 15.3 Å². The van der Waals surface area contributed by atoms with Gasteiger partial charge < -0.3 is 46.0 Å². The van der Waals surface area contributed by atoms with Gasteiger partial charge in [-0.1, -0.05) is 0 Å². The number of hydrogen-bond donors (Lipinski definition) is 0. The van der Waals surface area contributed by atoms with E-state index in [-0.39, 0.29) is 19.5 Å². The van der Waals surface area contributed by atoms with Gasteiger partial charge in [0.1, 0.15) is 0 Å². The van der Waals surface area contributed by atoms with Crippen molar-refractivity contribution in [2.24, 2.45) is 0 Å². The molecule has 0 heterocycles. The Kier molecular flexibility index (Phi) is 58.0. The first-order valence-corrected chi connectivity index (χ1v) is 1.83. The second-order valence-electron chi connectivity index (χ2n) is 0.671. The summed E-state index contributed by atoms with van der Waals surface area (Å²) >= 11 is 0. The minimum absolute atomic E-state index is 0. The first-order valence-electron chi connectivity index (χ1n) is 1.83. The zero-order valence-corrected chi connectivity index (χ0v) is 7.96. The van der Waals surface area contributed by atoms with Crippen LogP contribution < -0.4 is 0 Å². The number of rotatable bonds is 0. The maximum absolute atomic E-state index is 8.25. The molecule has 0 unspecified atom stereocenters. The number of nitrogens with zero attached hydrogens (tertiary/aromatic N) is 4. The van der Waals surface area contributed by atoms with Crippen molar-refractivity contribution in [1.82, 2.24) is 0 Å². The molecule has 0 aliphatic carbocycles. The second kappa shape index (κ2) is 29.7. The van der Waals surface area contributed by atoms with Crippen LogP contribution in [0.15, 0.2) is 0 Å². The largest absolute Gasteiger partial charge is 2.00 e. The van der Waals surface area contributed by atoms with E-state index in [2.05, 4.69) is 0 Å². The molecule has 0 aliphatic heterocycles. The molecular weight excluding hydrogens is 317 g/mol. The zero-order chi connectivity index (χ0) is 12.7. The third kappa shape index (κ3) is 262. The predicted octanol–water partition coefficient (Wildman–Crippen LogP) is -0.824. The van der Waals surface area contributed by atoms with Gasteiger partial charge in [-0.25, -0.2) is 0 Å². The molecule has 15 heteroatoms. The third-order valence-electron chi connectivity index (χ3n) is 0. The van der Waals surface area contributed by atoms with Crippen molar-refractivity contribution in [1.29, 1.82) is 5.46 Å². The Morgan fingerprint density at radius 3 is 0.667 bits per heavy atom. The zero-order valence-electron chi connectivity index (χ0n) is 6.22. The molecule has 0 saturated carbocycles. The van der Waals surface area contributed by atoms with E-state index >= 15 is 0 Å². The van der Waals surface area contributed by atoms with Gasteiger partial charge in [0, 0.05) is 0 Å². The van der Waals surface area contributed by atoms with Gasteiger partial charge in [0.15, 0.2) is 0 Å². The van der Waals surface area contributed by atoms with Crippen LogP contribution >= 0.6 is 0 Å². The van der Waals surface area contributed by atoms with Crippen LogP contribution in [0.2, 0.25) is 0 Å². The minimum Gasteiger partial charge on any atom is -0.356 e. The fraction of sp³-hybridized carbons (Fsp3) is 0. The Morgan fingerprint density at radius 1 is 0.667 bits per heavy atom. The van der Waals surface area contributed by atoms with Crippen molar-refractivity contribution in [2.45, 2.75) is 0 Å². The molecule has 0 fully saturated rings. The summed E-state index contributed by atoms with van der Waals surface area (Å²) in [5.74, 6) is 0. The molecule has 0 bridgehead atoms. The molecule has 0 aliphatic rings. The van der Waals surface area contributed by atoms with Crippen LogP contribution in [0.5, 0.6) is 0 Å². The van der Waals surface area contributed by atoms with E-state index in [1.165, 1.54) is 0 Å². The molecule has 0 aromatic carbocycles. The molecule has 0 saturated heterocycles. The van der Waals surface area contributed by atoms with Crippen molar-refractivity contribution >= 4 is 0 Å². The maximum atomic E-state index is 8.25. The quantitative estimate of drug-likeness (QED) is 0.232. The summed E-state index contributed by atoms with van der Waals surface area (Å²) in [5.41, 5.74) is 5.75. The van der Waals surface area contributed by atoms with E-state index in [9.17, 15) is 0 Å². The third-order valence-corrected chi connectivity index (χ3v) is 0. The average Bonchev–Trinajstić information content (AvgIpc) is 1.86. The first kappa shape index (κ1) is 29.3. The van der Waals surface area contributed by atoms with Gasteiger partial charge in [-0.05, 0) is 0 Å². The summed E-state index contributed by atoms with van der Waals surface area (Å²) in [7, 11) is 0. The molecule has 0 atom stereocenters. The topological polar surface area (TPSA) is 242 Å². The van der Waals surface area contributed by atoms with Crippen molar-refractivity contribution in [3.63, 3.8) is 0 Å². The second-order valence-corrected chi connectivity index (χ2v) is 0.671. The van der Waals surface area contributed by atoms with Crippen LogP contribution in [0.3, 0.4) is 0 Å². The van der Waals surface area contributed by atoms with E-state index in [1.807, 2.05) is 0 Å². The van der Waals surface area contributed by atoms with E-state index in [0.717, 1.165) is 0 Å². The summed E-state index contributed by atoms with van der Waals surface area (Å²) in [6.07, 6.45) is 0. The Hall–Kier alpha value is -2.11. The molecule has 0 spiro atoms. The Morgan fingerprint density at radius 2 is 0.667 bits per heavy atom. The summed E-state index contributed by atoms with van der Waals surface area (Å²) < 4.78 is 7.25. The summed E-state index contributed by atoms with van der Waals surface area (Å²) in [6.45, 7) is 0. The molecule has 0 rings (SSSR count). The van der Waals surface area contributed by atoms with Gasteiger partial charge in [0.05, 0.1) is 15.3 Å². The van der Waals surface area contributed by atoms with Gasteiger partial charge in [-0.2, -0.15) is 0 Å². The number of hydrogen-bond acceptors (Lipinski definition) is 10. The molecular formula is N4O10Ru. The standard InChI is InChI=1S/3NO3.NO.Ru/c3*2-1(3)4;1-2;/q3*-1;+1;+2. The molecule has 14 nitrogen and oxygen atoms in total. The summed E-state index contributed by atoms with van der Waals surface area (Å²) in [4.78, 5) is 24.8. The van der Waals surface area contributed by atoms with E-state index in [0.29, 0.717) is 0 Å². The van der Waals surface area contributed by atoms with Gasteiger partial charge in [-0.3, -0.25) is 0 Å². The predicted molar refractivity (Wildman–Crippen MR) is 33.5 cm³/mol. The van der Waals surface area contributed by atoms with Crippen molar-refractivity contribution < 1.29 is 39.5 Å². The smallest absolute Gasteiger partial charge is 0.356 e.